The number of ether oxygens (including phenoxy) is 1. The molecule has 0 aromatic rings. The lowest BCUT2D eigenvalue weighted by Gasteiger charge is -2.45. The van der Waals surface area contributed by atoms with Crippen LogP contribution in [-0.2, 0) is 4.74 Å². The molecular formula is C6H2F10O. The summed E-state index contributed by atoms with van der Waals surface area (Å²) in [5.41, 5.74) is -6.18. The lowest BCUT2D eigenvalue weighted by Crippen LogP contribution is -2.74. The molecule has 17 heavy (non-hydrogen) atoms. The molecule has 0 aromatic carbocycles. The SMILES string of the molecule is FC1C(F)(F)OC(F)(F)C(F)(C(F)F)C1(F)F. The van der Waals surface area contributed by atoms with Crippen molar-refractivity contribution in [2.24, 2.45) is 0 Å². The van der Waals surface area contributed by atoms with E-state index < -0.39 is 36.4 Å². The lowest BCUT2D eigenvalue weighted by atomic mass is 9.89. The molecule has 102 valence electrons. The second kappa shape index (κ2) is 3.39. The Balaban J connectivity index is 3.40. The predicted octanol–water partition coefficient (Wildman–Crippen LogP) is 3.15. The van der Waals surface area contributed by atoms with Gasteiger partial charge in [-0.3, -0.25) is 0 Å². The molecule has 0 spiro atoms. The summed E-state index contributed by atoms with van der Waals surface area (Å²) in [5, 5.41) is 0. The predicted molar refractivity (Wildman–Crippen MR) is 30.7 cm³/mol. The van der Waals surface area contributed by atoms with E-state index in [4.69, 9.17) is 0 Å². The van der Waals surface area contributed by atoms with Crippen molar-refractivity contribution in [2.75, 3.05) is 0 Å². The summed E-state index contributed by atoms with van der Waals surface area (Å²) in [4.78, 5) is 0. The minimum Gasteiger partial charge on any atom is -0.250 e. The maximum atomic E-state index is 12.9. The standard InChI is InChI=1S/C6H2F10O/c7-1-4(11,12)3(10,2(8)9)6(15,16)17-5(1,13)14/h1-2H. The largest absolute Gasteiger partial charge is 0.406 e. The van der Waals surface area contributed by atoms with Gasteiger partial charge in [-0.2, -0.15) is 26.3 Å². The van der Waals surface area contributed by atoms with E-state index >= 15 is 0 Å². The molecule has 0 amide bonds. The molecule has 0 bridgehead atoms. The Morgan fingerprint density at radius 2 is 1.29 bits per heavy atom. The van der Waals surface area contributed by atoms with Crippen molar-refractivity contribution in [3.05, 3.63) is 0 Å². The Hall–Kier alpha value is -0.740. The second-order valence-electron chi connectivity index (χ2n) is 3.18. The van der Waals surface area contributed by atoms with E-state index in [0.29, 0.717) is 0 Å². The Labute approximate surface area is 86.3 Å². The van der Waals surface area contributed by atoms with Crippen LogP contribution in [0.3, 0.4) is 0 Å². The maximum absolute atomic E-state index is 12.9. The van der Waals surface area contributed by atoms with Crippen LogP contribution in [0.1, 0.15) is 0 Å². The van der Waals surface area contributed by atoms with E-state index in [1.165, 1.54) is 0 Å². The molecule has 2 unspecified atom stereocenters. The van der Waals surface area contributed by atoms with Crippen LogP contribution < -0.4 is 0 Å². The third kappa shape index (κ3) is 1.58. The van der Waals surface area contributed by atoms with E-state index in [1.807, 2.05) is 0 Å². The zero-order valence-electron chi connectivity index (χ0n) is 7.34. The lowest BCUT2D eigenvalue weighted by molar-refractivity contribution is -0.506. The minimum absolute atomic E-state index is 2.11. The smallest absolute Gasteiger partial charge is 0.250 e. The second-order valence-corrected chi connectivity index (χ2v) is 3.18. The van der Waals surface area contributed by atoms with Gasteiger partial charge in [-0.25, -0.2) is 22.3 Å². The molecule has 1 rings (SSSR count). The molecule has 0 aromatic heterocycles. The van der Waals surface area contributed by atoms with Gasteiger partial charge in [0.2, 0.25) is 0 Å². The average molecular weight is 280 g/mol. The molecule has 1 heterocycles. The van der Waals surface area contributed by atoms with Gasteiger partial charge in [-0.1, -0.05) is 0 Å². The Morgan fingerprint density at radius 1 is 0.882 bits per heavy atom. The molecule has 0 aliphatic carbocycles. The molecule has 0 radical (unpaired) electrons. The average Bonchev–Trinajstić information content (AvgIpc) is 2.10. The summed E-state index contributed by atoms with van der Waals surface area (Å²) < 4.78 is 126. The fourth-order valence-electron chi connectivity index (χ4n) is 1.16. The number of rotatable bonds is 1. The van der Waals surface area contributed by atoms with Gasteiger partial charge in [0.1, 0.15) is 0 Å². The van der Waals surface area contributed by atoms with Crippen molar-refractivity contribution in [3.8, 4) is 0 Å². The van der Waals surface area contributed by atoms with Gasteiger partial charge in [-0.15, -0.1) is 0 Å². The minimum atomic E-state index is -6.33. The van der Waals surface area contributed by atoms with Crippen LogP contribution in [0.4, 0.5) is 43.9 Å². The van der Waals surface area contributed by atoms with Gasteiger partial charge in [0.05, 0.1) is 0 Å². The number of hydrogen-bond acceptors (Lipinski definition) is 1. The van der Waals surface area contributed by atoms with Crippen LogP contribution >= 0.6 is 0 Å². The summed E-state index contributed by atoms with van der Waals surface area (Å²) in [6, 6.07) is 0. The van der Waals surface area contributed by atoms with Crippen molar-refractivity contribution in [1.82, 2.24) is 0 Å². The molecule has 1 fully saturated rings. The topological polar surface area (TPSA) is 9.23 Å². The molecule has 2 atom stereocenters. The van der Waals surface area contributed by atoms with Crippen LogP contribution in [0.25, 0.3) is 0 Å². The van der Waals surface area contributed by atoms with Crippen LogP contribution in [-0.4, -0.2) is 36.4 Å². The molecule has 11 heteroatoms. The fourth-order valence-corrected chi connectivity index (χ4v) is 1.16. The van der Waals surface area contributed by atoms with E-state index in [-0.39, 0.29) is 0 Å². The highest BCUT2D eigenvalue weighted by molar-refractivity contribution is 5.11. The van der Waals surface area contributed by atoms with Crippen LogP contribution in [0.2, 0.25) is 0 Å². The van der Waals surface area contributed by atoms with Crippen LogP contribution in [0, 0.1) is 0 Å². The van der Waals surface area contributed by atoms with Crippen molar-refractivity contribution >= 4 is 0 Å². The first-order valence-corrected chi connectivity index (χ1v) is 3.75. The zero-order valence-corrected chi connectivity index (χ0v) is 7.34. The van der Waals surface area contributed by atoms with Gasteiger partial charge in [0.15, 0.2) is 0 Å². The highest BCUT2D eigenvalue weighted by atomic mass is 19.3. The molecule has 1 aliphatic heterocycles. The van der Waals surface area contributed by atoms with Crippen molar-refractivity contribution in [2.45, 2.75) is 36.4 Å². The normalized spacial score (nSPS) is 39.4. The van der Waals surface area contributed by atoms with E-state index in [2.05, 4.69) is 4.74 Å². The first-order valence-electron chi connectivity index (χ1n) is 3.75. The first kappa shape index (κ1) is 14.3. The zero-order chi connectivity index (χ0) is 13.9. The fraction of sp³-hybridized carbons (Fsp3) is 1.00. The van der Waals surface area contributed by atoms with Gasteiger partial charge >= 0.3 is 23.8 Å². The summed E-state index contributed by atoms with van der Waals surface area (Å²) in [5.74, 6) is -6.33. The Bertz CT molecular complexity index is 314. The van der Waals surface area contributed by atoms with Crippen molar-refractivity contribution in [3.63, 3.8) is 0 Å². The van der Waals surface area contributed by atoms with Crippen LogP contribution in [0.5, 0.6) is 0 Å². The Morgan fingerprint density at radius 3 is 1.65 bits per heavy atom. The third-order valence-corrected chi connectivity index (χ3v) is 2.09. The molecular weight excluding hydrogens is 278 g/mol. The molecule has 0 saturated carbocycles. The molecule has 1 aliphatic rings. The number of alkyl halides is 10. The van der Waals surface area contributed by atoms with E-state index in [9.17, 15) is 43.9 Å². The Kier molecular flexibility index (Phi) is 2.85. The van der Waals surface area contributed by atoms with Crippen molar-refractivity contribution in [1.29, 1.82) is 0 Å². The quantitative estimate of drug-likeness (QED) is 0.670. The van der Waals surface area contributed by atoms with Crippen LogP contribution in [0.15, 0.2) is 0 Å². The summed E-state index contributed by atoms with van der Waals surface area (Å²) >= 11 is 0. The third-order valence-electron chi connectivity index (χ3n) is 2.09. The first-order chi connectivity index (χ1) is 7.31. The van der Waals surface area contributed by atoms with Crippen molar-refractivity contribution < 1.29 is 48.6 Å². The van der Waals surface area contributed by atoms with Gasteiger partial charge in [0, 0.05) is 0 Å². The van der Waals surface area contributed by atoms with E-state index in [1.54, 1.807) is 0 Å². The number of hydrogen-bond donors (Lipinski definition) is 0. The highest BCUT2D eigenvalue weighted by Gasteiger charge is 2.87. The summed E-state index contributed by atoms with van der Waals surface area (Å²) in [7, 11) is 0. The summed E-state index contributed by atoms with van der Waals surface area (Å²) in [6.07, 6.45) is -22.1. The highest BCUT2D eigenvalue weighted by Crippen LogP contribution is 2.58. The van der Waals surface area contributed by atoms with Gasteiger partial charge in [0.25, 0.3) is 12.6 Å². The van der Waals surface area contributed by atoms with Gasteiger partial charge in [-0.05, 0) is 0 Å². The maximum Gasteiger partial charge on any atom is 0.406 e. The molecule has 1 saturated heterocycles. The van der Waals surface area contributed by atoms with E-state index in [0.717, 1.165) is 0 Å². The molecule has 0 N–H and O–H groups in total. The summed E-state index contributed by atoms with van der Waals surface area (Å²) in [6.45, 7) is 0. The molecule has 1 nitrogen and oxygen atoms in total. The number of halogens is 10. The van der Waals surface area contributed by atoms with Gasteiger partial charge < -0.3 is 0 Å². The monoisotopic (exact) mass is 280 g/mol.